The van der Waals surface area contributed by atoms with Gasteiger partial charge in [-0.1, -0.05) is 26.2 Å². The van der Waals surface area contributed by atoms with E-state index in [-0.39, 0.29) is 24.3 Å². The Morgan fingerprint density at radius 1 is 0.969 bits per heavy atom. The van der Waals surface area contributed by atoms with E-state index in [1.54, 1.807) is 0 Å². The molecule has 2 aliphatic rings. The predicted molar refractivity (Wildman–Crippen MR) is 125 cm³/mol. The Balaban J connectivity index is 1.32. The van der Waals surface area contributed by atoms with E-state index >= 15 is 0 Å². The van der Waals surface area contributed by atoms with Gasteiger partial charge in [-0.3, -0.25) is 19.5 Å². The number of amides is 2. The highest BCUT2D eigenvalue weighted by Gasteiger charge is 2.43. The predicted octanol–water partition coefficient (Wildman–Crippen LogP) is 4.55. The first-order chi connectivity index (χ1) is 15.7. The highest BCUT2D eigenvalue weighted by Crippen LogP contribution is 2.32. The monoisotopic (exact) mass is 435 g/mol. The molecule has 1 atom stereocenters. The van der Waals surface area contributed by atoms with Crippen molar-refractivity contribution in [2.24, 2.45) is 0 Å². The second-order valence-electron chi connectivity index (χ2n) is 8.78. The quantitative estimate of drug-likeness (QED) is 0.427. The van der Waals surface area contributed by atoms with Crippen LogP contribution < -0.4 is 9.64 Å². The highest BCUT2D eigenvalue weighted by atomic mass is 16.5. The number of nitrogens with zero attached hydrogens (tertiary/aromatic N) is 3. The van der Waals surface area contributed by atoms with Crippen LogP contribution in [-0.2, 0) is 9.59 Å². The molecule has 2 fully saturated rings. The molecule has 4 rings (SSSR count). The number of ether oxygens (including phenoxy) is 1. The number of imide groups is 1. The summed E-state index contributed by atoms with van der Waals surface area (Å²) in [4.78, 5) is 33.5. The Morgan fingerprint density at radius 3 is 2.38 bits per heavy atom. The van der Waals surface area contributed by atoms with Gasteiger partial charge in [-0.2, -0.15) is 0 Å². The molecule has 2 amide bonds. The van der Waals surface area contributed by atoms with Gasteiger partial charge in [-0.15, -0.1) is 0 Å². The first-order valence-electron chi connectivity index (χ1n) is 11.9. The fourth-order valence-electron chi connectivity index (χ4n) is 4.76. The number of aromatic nitrogens is 1. The van der Waals surface area contributed by atoms with E-state index in [1.807, 2.05) is 36.7 Å². The largest absolute Gasteiger partial charge is 0.494 e. The van der Waals surface area contributed by atoms with Gasteiger partial charge in [0, 0.05) is 12.4 Å². The number of hydrogen-bond acceptors (Lipinski definition) is 5. The summed E-state index contributed by atoms with van der Waals surface area (Å²) in [6.45, 7) is 4.54. The minimum absolute atomic E-state index is 0.106. The standard InChI is InChI=1S/C26H33N3O3/c1-2-3-4-5-18-32-23-8-6-22(7-9-23)29-25(30)19-24(26(29)31)28-16-12-21(13-17-28)20-10-14-27-15-11-20/h6-11,14-15,21,24H,2-5,12-13,16-19H2,1H3/t24-/m1/s1. The molecular weight excluding hydrogens is 402 g/mol. The summed E-state index contributed by atoms with van der Waals surface area (Å²) in [5.74, 6) is 1.04. The van der Waals surface area contributed by atoms with Crippen molar-refractivity contribution in [2.75, 3.05) is 24.6 Å². The molecule has 3 heterocycles. The molecule has 2 aromatic rings. The van der Waals surface area contributed by atoms with Gasteiger partial charge in [0.05, 0.1) is 24.8 Å². The summed E-state index contributed by atoms with van der Waals surface area (Å²) in [5.41, 5.74) is 1.94. The van der Waals surface area contributed by atoms with E-state index in [2.05, 4.69) is 28.9 Å². The lowest BCUT2D eigenvalue weighted by Crippen LogP contribution is -2.45. The zero-order valence-electron chi connectivity index (χ0n) is 18.9. The second kappa shape index (κ2) is 10.7. The number of likely N-dealkylation sites (tertiary alicyclic amines) is 1. The molecule has 0 spiro atoms. The first-order valence-corrected chi connectivity index (χ1v) is 11.9. The van der Waals surface area contributed by atoms with Crippen LogP contribution >= 0.6 is 0 Å². The maximum Gasteiger partial charge on any atom is 0.251 e. The minimum Gasteiger partial charge on any atom is -0.494 e. The van der Waals surface area contributed by atoms with Gasteiger partial charge < -0.3 is 4.74 Å². The number of piperidine rings is 1. The molecule has 2 saturated heterocycles. The number of hydrogen-bond donors (Lipinski definition) is 0. The lowest BCUT2D eigenvalue weighted by Gasteiger charge is -2.34. The molecule has 0 aliphatic carbocycles. The number of pyridine rings is 1. The average Bonchev–Trinajstić information content (AvgIpc) is 3.14. The summed E-state index contributed by atoms with van der Waals surface area (Å²) in [6.07, 6.45) is 10.6. The van der Waals surface area contributed by atoms with Gasteiger partial charge in [0.25, 0.3) is 5.91 Å². The number of carbonyl (C=O) groups excluding carboxylic acids is 2. The van der Waals surface area contributed by atoms with Crippen molar-refractivity contribution in [1.29, 1.82) is 0 Å². The number of carbonyl (C=O) groups is 2. The van der Waals surface area contributed by atoms with Gasteiger partial charge >= 0.3 is 0 Å². The Hall–Kier alpha value is -2.73. The summed E-state index contributed by atoms with van der Waals surface area (Å²) in [6, 6.07) is 11.1. The van der Waals surface area contributed by atoms with Crippen LogP contribution in [0.25, 0.3) is 0 Å². The van der Waals surface area contributed by atoms with Gasteiger partial charge in [0.2, 0.25) is 5.91 Å². The van der Waals surface area contributed by atoms with Crippen LogP contribution in [0.1, 0.15) is 63.4 Å². The molecule has 1 aromatic heterocycles. The fraction of sp³-hybridized carbons (Fsp3) is 0.500. The van der Waals surface area contributed by atoms with E-state index in [1.165, 1.54) is 29.7 Å². The SMILES string of the molecule is CCCCCCOc1ccc(N2C(=O)C[C@@H](N3CCC(c4ccncc4)CC3)C2=O)cc1. The third-order valence-corrected chi connectivity index (χ3v) is 6.63. The molecule has 0 unspecified atom stereocenters. The van der Waals surface area contributed by atoms with E-state index in [0.717, 1.165) is 38.1 Å². The smallest absolute Gasteiger partial charge is 0.251 e. The lowest BCUT2D eigenvalue weighted by molar-refractivity contribution is -0.123. The molecule has 170 valence electrons. The molecule has 6 heteroatoms. The molecule has 0 radical (unpaired) electrons. The van der Waals surface area contributed by atoms with Crippen molar-refractivity contribution in [1.82, 2.24) is 9.88 Å². The summed E-state index contributed by atoms with van der Waals surface area (Å²) in [5, 5.41) is 0. The fourth-order valence-corrected chi connectivity index (χ4v) is 4.76. The van der Waals surface area contributed by atoms with Crippen molar-refractivity contribution >= 4 is 17.5 Å². The lowest BCUT2D eigenvalue weighted by atomic mass is 9.89. The Bertz CT molecular complexity index is 892. The van der Waals surface area contributed by atoms with E-state index in [4.69, 9.17) is 4.74 Å². The zero-order valence-corrected chi connectivity index (χ0v) is 18.9. The topological polar surface area (TPSA) is 62.7 Å². The van der Waals surface area contributed by atoms with Gasteiger partial charge in [0.1, 0.15) is 5.75 Å². The molecule has 0 N–H and O–H groups in total. The Labute approximate surface area is 190 Å². The van der Waals surface area contributed by atoms with Crippen molar-refractivity contribution in [2.45, 2.75) is 63.8 Å². The van der Waals surface area contributed by atoms with Crippen LogP contribution in [-0.4, -0.2) is 47.4 Å². The number of unbranched alkanes of at least 4 members (excludes halogenated alkanes) is 3. The molecule has 32 heavy (non-hydrogen) atoms. The van der Waals surface area contributed by atoms with E-state index < -0.39 is 0 Å². The molecule has 0 saturated carbocycles. The highest BCUT2D eigenvalue weighted by molar-refractivity contribution is 6.22. The number of anilines is 1. The van der Waals surface area contributed by atoms with Gasteiger partial charge in [0.15, 0.2) is 0 Å². The summed E-state index contributed by atoms with van der Waals surface area (Å²) >= 11 is 0. The van der Waals surface area contributed by atoms with Crippen LogP contribution in [0.3, 0.4) is 0 Å². The summed E-state index contributed by atoms with van der Waals surface area (Å²) in [7, 11) is 0. The second-order valence-corrected chi connectivity index (χ2v) is 8.78. The van der Waals surface area contributed by atoms with Crippen LogP contribution in [0.15, 0.2) is 48.8 Å². The normalized spacial score (nSPS) is 20.2. The summed E-state index contributed by atoms with van der Waals surface area (Å²) < 4.78 is 5.79. The zero-order chi connectivity index (χ0) is 22.3. The minimum atomic E-state index is -0.351. The average molecular weight is 436 g/mol. The number of rotatable bonds is 9. The maximum atomic E-state index is 13.1. The molecule has 1 aromatic carbocycles. The van der Waals surface area contributed by atoms with Crippen molar-refractivity contribution in [3.63, 3.8) is 0 Å². The van der Waals surface area contributed by atoms with E-state index in [9.17, 15) is 9.59 Å². The van der Waals surface area contributed by atoms with Gasteiger partial charge in [-0.05, 0) is 80.2 Å². The van der Waals surface area contributed by atoms with Crippen LogP contribution in [0.2, 0.25) is 0 Å². The first kappa shape index (κ1) is 22.5. The number of benzene rings is 1. The Morgan fingerprint density at radius 2 is 1.69 bits per heavy atom. The molecule has 2 aliphatic heterocycles. The van der Waals surface area contributed by atoms with Crippen molar-refractivity contribution < 1.29 is 14.3 Å². The molecule has 0 bridgehead atoms. The van der Waals surface area contributed by atoms with Gasteiger partial charge in [-0.25, -0.2) is 4.90 Å². The van der Waals surface area contributed by atoms with Crippen molar-refractivity contribution in [3.8, 4) is 5.75 Å². The van der Waals surface area contributed by atoms with Crippen molar-refractivity contribution in [3.05, 3.63) is 54.4 Å². The van der Waals surface area contributed by atoms with Crippen LogP contribution in [0.5, 0.6) is 5.75 Å². The molecule has 6 nitrogen and oxygen atoms in total. The van der Waals surface area contributed by atoms with Crippen LogP contribution in [0, 0.1) is 0 Å². The maximum absolute atomic E-state index is 13.1. The third kappa shape index (κ3) is 5.18. The molecular formula is C26H33N3O3. The third-order valence-electron chi connectivity index (χ3n) is 6.63. The Kier molecular flexibility index (Phi) is 7.53. The van der Waals surface area contributed by atoms with E-state index in [0.29, 0.717) is 18.2 Å². The van der Waals surface area contributed by atoms with Crippen LogP contribution in [0.4, 0.5) is 5.69 Å².